The minimum atomic E-state index is -1.10. The van der Waals surface area contributed by atoms with Crippen LogP contribution < -0.4 is 0 Å². The predicted molar refractivity (Wildman–Crippen MR) is 77.2 cm³/mol. The van der Waals surface area contributed by atoms with E-state index in [2.05, 4.69) is 0 Å². The number of benzene rings is 1. The molecule has 4 heteroatoms. The molecular formula is C15H19Cl2FO. The van der Waals surface area contributed by atoms with Crippen molar-refractivity contribution >= 4 is 23.2 Å². The first-order chi connectivity index (χ1) is 8.93. The fourth-order valence-corrected chi connectivity index (χ4v) is 3.55. The Kier molecular flexibility index (Phi) is 4.75. The van der Waals surface area contributed by atoms with Crippen molar-refractivity contribution in [3.05, 3.63) is 33.6 Å². The van der Waals surface area contributed by atoms with Crippen LogP contribution in [-0.2, 0) is 5.60 Å². The average molecular weight is 305 g/mol. The van der Waals surface area contributed by atoms with E-state index in [4.69, 9.17) is 23.2 Å². The van der Waals surface area contributed by atoms with Gasteiger partial charge in [0.25, 0.3) is 0 Å². The van der Waals surface area contributed by atoms with E-state index in [0.717, 1.165) is 25.7 Å². The molecule has 1 fully saturated rings. The second-order valence-electron chi connectivity index (χ2n) is 5.58. The number of hydrogen-bond donors (Lipinski definition) is 1. The van der Waals surface area contributed by atoms with Crippen LogP contribution in [-0.4, -0.2) is 5.11 Å². The molecule has 0 aliphatic heterocycles. The largest absolute Gasteiger partial charge is 0.385 e. The Labute approximate surface area is 123 Å². The van der Waals surface area contributed by atoms with Gasteiger partial charge in [0, 0.05) is 10.6 Å². The Bertz CT molecular complexity index is 452. The van der Waals surface area contributed by atoms with Gasteiger partial charge in [0.2, 0.25) is 0 Å². The van der Waals surface area contributed by atoms with E-state index in [1.54, 1.807) is 6.92 Å². The highest BCUT2D eigenvalue weighted by atomic mass is 35.5. The Morgan fingerprint density at radius 3 is 2.26 bits per heavy atom. The van der Waals surface area contributed by atoms with Gasteiger partial charge in [0.1, 0.15) is 5.82 Å². The van der Waals surface area contributed by atoms with E-state index >= 15 is 0 Å². The van der Waals surface area contributed by atoms with Gasteiger partial charge in [-0.15, -0.1) is 0 Å². The van der Waals surface area contributed by atoms with E-state index in [-0.39, 0.29) is 10.9 Å². The standard InChI is InChI=1S/C15H19Cl2FO/c1-15(19,10-6-4-2-3-5-7-10)11-8-14(18)13(17)9-12(11)16/h8-10,19H,2-7H2,1H3. The number of hydrogen-bond acceptors (Lipinski definition) is 1. The first-order valence-electron chi connectivity index (χ1n) is 6.80. The van der Waals surface area contributed by atoms with Crippen LogP contribution in [0.5, 0.6) is 0 Å². The summed E-state index contributed by atoms with van der Waals surface area (Å²) in [5.41, 5.74) is -0.657. The van der Waals surface area contributed by atoms with Crippen molar-refractivity contribution in [2.45, 2.75) is 51.0 Å². The molecule has 1 aliphatic rings. The monoisotopic (exact) mass is 304 g/mol. The van der Waals surface area contributed by atoms with Crippen LogP contribution in [0, 0.1) is 11.7 Å². The zero-order valence-electron chi connectivity index (χ0n) is 11.1. The highest BCUT2D eigenvalue weighted by Gasteiger charge is 2.35. The van der Waals surface area contributed by atoms with Gasteiger partial charge in [-0.05, 0) is 37.8 Å². The minimum absolute atomic E-state index is 0.00887. The average Bonchev–Trinajstić information content (AvgIpc) is 2.62. The molecule has 1 N–H and O–H groups in total. The summed E-state index contributed by atoms with van der Waals surface area (Å²) >= 11 is 11.8. The molecule has 2 rings (SSSR count). The summed E-state index contributed by atoms with van der Waals surface area (Å²) in [5.74, 6) is -0.414. The van der Waals surface area contributed by atoms with Crippen molar-refractivity contribution in [2.24, 2.45) is 5.92 Å². The van der Waals surface area contributed by atoms with Gasteiger partial charge in [-0.3, -0.25) is 0 Å². The van der Waals surface area contributed by atoms with Crippen LogP contribution in [0.3, 0.4) is 0 Å². The van der Waals surface area contributed by atoms with Crippen molar-refractivity contribution in [1.29, 1.82) is 0 Å². The summed E-state index contributed by atoms with van der Waals surface area (Å²) in [4.78, 5) is 0. The molecule has 1 aliphatic carbocycles. The zero-order chi connectivity index (χ0) is 14.0. The summed E-state index contributed by atoms with van der Waals surface area (Å²) in [6.07, 6.45) is 6.52. The Balaban J connectivity index is 2.34. The molecule has 1 aromatic rings. The molecule has 1 nitrogen and oxygen atoms in total. The third-order valence-electron chi connectivity index (χ3n) is 4.21. The van der Waals surface area contributed by atoms with Gasteiger partial charge in [-0.1, -0.05) is 48.9 Å². The Hall–Kier alpha value is -0.310. The van der Waals surface area contributed by atoms with Crippen LogP contribution in [0.4, 0.5) is 4.39 Å². The Morgan fingerprint density at radius 1 is 1.11 bits per heavy atom. The van der Waals surface area contributed by atoms with Gasteiger partial charge in [0.15, 0.2) is 0 Å². The summed E-state index contributed by atoms with van der Waals surface area (Å²) in [6, 6.07) is 2.65. The second-order valence-corrected chi connectivity index (χ2v) is 6.40. The third kappa shape index (κ3) is 3.24. The molecule has 106 valence electrons. The van der Waals surface area contributed by atoms with Gasteiger partial charge in [-0.2, -0.15) is 0 Å². The van der Waals surface area contributed by atoms with Crippen LogP contribution in [0.15, 0.2) is 12.1 Å². The molecule has 1 aromatic carbocycles. The lowest BCUT2D eigenvalue weighted by molar-refractivity contribution is -0.0127. The topological polar surface area (TPSA) is 20.2 Å². The van der Waals surface area contributed by atoms with Gasteiger partial charge < -0.3 is 5.11 Å². The summed E-state index contributed by atoms with van der Waals surface area (Å²) in [6.45, 7) is 1.73. The maximum atomic E-state index is 13.6. The normalized spacial score (nSPS) is 20.9. The number of rotatable bonds is 2. The van der Waals surface area contributed by atoms with Crippen molar-refractivity contribution in [2.75, 3.05) is 0 Å². The lowest BCUT2D eigenvalue weighted by Gasteiger charge is -2.33. The molecule has 1 unspecified atom stereocenters. The molecule has 0 heterocycles. The third-order valence-corrected chi connectivity index (χ3v) is 4.81. The fourth-order valence-electron chi connectivity index (χ4n) is 2.97. The maximum absolute atomic E-state index is 13.6. The summed E-state index contributed by atoms with van der Waals surface area (Å²) < 4.78 is 13.6. The highest BCUT2D eigenvalue weighted by Crippen LogP contribution is 2.41. The van der Waals surface area contributed by atoms with Crippen LogP contribution >= 0.6 is 23.2 Å². The zero-order valence-corrected chi connectivity index (χ0v) is 12.6. The molecule has 0 spiro atoms. The molecule has 19 heavy (non-hydrogen) atoms. The first kappa shape index (κ1) is 15.1. The predicted octanol–water partition coefficient (Wildman–Crippen LogP) is 5.31. The molecule has 0 aromatic heterocycles. The second kappa shape index (κ2) is 5.99. The van der Waals surface area contributed by atoms with E-state index in [0.29, 0.717) is 10.6 Å². The smallest absolute Gasteiger partial charge is 0.142 e. The van der Waals surface area contributed by atoms with Crippen LogP contribution in [0.1, 0.15) is 51.0 Å². The molecule has 1 atom stereocenters. The van der Waals surface area contributed by atoms with Gasteiger partial charge >= 0.3 is 0 Å². The highest BCUT2D eigenvalue weighted by molar-refractivity contribution is 6.35. The lowest BCUT2D eigenvalue weighted by atomic mass is 9.78. The first-order valence-corrected chi connectivity index (χ1v) is 7.56. The number of aliphatic hydroxyl groups is 1. The molecule has 0 amide bonds. The van der Waals surface area contributed by atoms with Crippen molar-refractivity contribution < 1.29 is 9.50 Å². The lowest BCUT2D eigenvalue weighted by Crippen LogP contribution is -2.32. The number of halogens is 3. The van der Waals surface area contributed by atoms with Crippen molar-refractivity contribution in [3.8, 4) is 0 Å². The molecule has 0 saturated heterocycles. The fraction of sp³-hybridized carbons (Fsp3) is 0.600. The maximum Gasteiger partial charge on any atom is 0.142 e. The van der Waals surface area contributed by atoms with Crippen molar-refractivity contribution in [1.82, 2.24) is 0 Å². The molecule has 0 bridgehead atoms. The quantitative estimate of drug-likeness (QED) is 0.580. The van der Waals surface area contributed by atoms with Gasteiger partial charge in [0.05, 0.1) is 10.6 Å². The Morgan fingerprint density at radius 2 is 1.68 bits per heavy atom. The summed E-state index contributed by atoms with van der Waals surface area (Å²) in [5, 5.41) is 11.2. The van der Waals surface area contributed by atoms with Crippen molar-refractivity contribution in [3.63, 3.8) is 0 Å². The van der Waals surface area contributed by atoms with Gasteiger partial charge in [-0.25, -0.2) is 4.39 Å². The SMILES string of the molecule is CC(O)(c1cc(F)c(Cl)cc1Cl)C1CCCCCC1. The van der Waals surface area contributed by atoms with E-state index in [1.807, 2.05) is 0 Å². The van der Waals surface area contributed by atoms with E-state index < -0.39 is 11.4 Å². The van der Waals surface area contributed by atoms with E-state index in [1.165, 1.54) is 25.0 Å². The van der Waals surface area contributed by atoms with E-state index in [9.17, 15) is 9.50 Å². The molecular weight excluding hydrogens is 286 g/mol. The molecule has 0 radical (unpaired) electrons. The minimum Gasteiger partial charge on any atom is -0.385 e. The van der Waals surface area contributed by atoms with Crippen LogP contribution in [0.2, 0.25) is 10.0 Å². The summed E-state index contributed by atoms with van der Waals surface area (Å²) in [7, 11) is 0. The molecule has 1 saturated carbocycles. The van der Waals surface area contributed by atoms with Crippen LogP contribution in [0.25, 0.3) is 0 Å².